The minimum absolute atomic E-state index is 0.306. The molecule has 1 aliphatic rings. The summed E-state index contributed by atoms with van der Waals surface area (Å²) in [5.41, 5.74) is 3.84. The van der Waals surface area contributed by atoms with E-state index in [0.717, 1.165) is 0 Å². The van der Waals surface area contributed by atoms with Crippen molar-refractivity contribution >= 4 is 39.7 Å². The molecule has 0 atom stereocenters. The van der Waals surface area contributed by atoms with Crippen LogP contribution in [-0.4, -0.2) is 12.3 Å². The molecule has 0 bridgehead atoms. The largest absolute Gasteiger partial charge is 0.573 e. The minimum Gasteiger partial charge on any atom is -0.406 e. The molecule has 0 saturated carbocycles. The van der Waals surface area contributed by atoms with E-state index in [2.05, 4.69) is 32.5 Å². The highest BCUT2D eigenvalue weighted by atomic mass is 35.5. The third-order valence-electron chi connectivity index (χ3n) is 4.32. The van der Waals surface area contributed by atoms with Crippen molar-refractivity contribution in [2.75, 3.05) is 10.3 Å². The second-order valence-corrected chi connectivity index (χ2v) is 6.88. The van der Waals surface area contributed by atoms with Gasteiger partial charge in [-0.1, -0.05) is 35.5 Å². The molecule has 11 heteroatoms. The molecule has 0 spiro atoms. The van der Waals surface area contributed by atoms with Crippen LogP contribution in [0, 0.1) is 0 Å². The number of benzene rings is 3. The number of nitrogens with zero attached hydrogens (tertiary/aromatic N) is 3. The smallest absolute Gasteiger partial charge is 0.406 e. The van der Waals surface area contributed by atoms with Gasteiger partial charge in [0.15, 0.2) is 5.82 Å². The second kappa shape index (κ2) is 7.80. The predicted molar refractivity (Wildman–Crippen MR) is 110 cm³/mol. The van der Waals surface area contributed by atoms with Gasteiger partial charge in [0.25, 0.3) is 5.91 Å². The van der Waals surface area contributed by atoms with Gasteiger partial charge in [0, 0.05) is 10.6 Å². The van der Waals surface area contributed by atoms with Crippen molar-refractivity contribution in [2.45, 2.75) is 6.36 Å². The number of carbonyl (C=O) groups is 1. The second-order valence-electron chi connectivity index (χ2n) is 6.44. The Kier molecular flexibility index (Phi) is 5.15. The zero-order valence-electron chi connectivity index (χ0n) is 15.6. The van der Waals surface area contributed by atoms with E-state index in [1.165, 1.54) is 35.3 Å². The monoisotopic (exact) mass is 447 g/mol. The van der Waals surface area contributed by atoms with Crippen LogP contribution in [0.25, 0.3) is 10.8 Å². The number of carbonyl (C=O) groups excluding carboxylic acids is 1. The van der Waals surface area contributed by atoms with E-state index in [1.54, 1.807) is 24.3 Å². The SMILES string of the molecule is C=C1N=NNN1c1cc(Cl)ccc1NC(=O)c1ccc2cc(OC(F)(F)F)ccc2c1. The number of alkyl halides is 3. The third kappa shape index (κ3) is 4.53. The fourth-order valence-electron chi connectivity index (χ4n) is 2.97. The lowest BCUT2D eigenvalue weighted by Crippen LogP contribution is -2.29. The standard InChI is InChI=1S/C20H13ClF3N5O2/c1-11-26-27-28-29(11)18-10-15(21)5-7-17(18)25-19(30)14-3-2-13-9-16(31-20(22,23)24)6-4-12(13)8-14/h2-10H,1H2,(H,25,30)(H,26,28). The average Bonchev–Trinajstić information content (AvgIpc) is 3.13. The summed E-state index contributed by atoms with van der Waals surface area (Å²) >= 11 is 6.08. The summed E-state index contributed by atoms with van der Waals surface area (Å²) in [4.78, 5) is 12.8. The summed E-state index contributed by atoms with van der Waals surface area (Å²) in [7, 11) is 0. The summed E-state index contributed by atoms with van der Waals surface area (Å²) in [5.74, 6) is -0.461. The number of ether oxygens (including phenoxy) is 1. The molecule has 0 radical (unpaired) electrons. The maximum atomic E-state index is 12.8. The molecule has 4 rings (SSSR count). The lowest BCUT2D eigenvalue weighted by atomic mass is 10.1. The molecule has 0 aromatic heterocycles. The van der Waals surface area contributed by atoms with Gasteiger partial charge in [0.1, 0.15) is 5.75 Å². The number of anilines is 2. The van der Waals surface area contributed by atoms with Crippen LogP contribution in [0.1, 0.15) is 10.4 Å². The Morgan fingerprint density at radius 2 is 1.84 bits per heavy atom. The molecule has 3 aromatic carbocycles. The molecule has 7 nitrogen and oxygen atoms in total. The van der Waals surface area contributed by atoms with Gasteiger partial charge in [-0.3, -0.25) is 4.79 Å². The Bertz CT molecular complexity index is 1230. The topological polar surface area (TPSA) is 78.3 Å². The van der Waals surface area contributed by atoms with Gasteiger partial charge in [0.2, 0.25) is 0 Å². The van der Waals surface area contributed by atoms with E-state index in [1.807, 2.05) is 0 Å². The van der Waals surface area contributed by atoms with Gasteiger partial charge in [-0.05, 0) is 53.2 Å². The molecule has 2 N–H and O–H groups in total. The number of rotatable bonds is 4. The van der Waals surface area contributed by atoms with Crippen molar-refractivity contribution in [3.05, 3.63) is 77.6 Å². The first kappa shape index (κ1) is 20.5. The number of nitrogens with one attached hydrogen (secondary N) is 2. The molecule has 0 aliphatic carbocycles. The van der Waals surface area contributed by atoms with Gasteiger partial charge in [0.05, 0.1) is 11.4 Å². The Hall–Kier alpha value is -3.79. The highest BCUT2D eigenvalue weighted by Crippen LogP contribution is 2.33. The Labute approximate surface area is 178 Å². The van der Waals surface area contributed by atoms with Crippen LogP contribution in [0.3, 0.4) is 0 Å². The lowest BCUT2D eigenvalue weighted by molar-refractivity contribution is -0.274. The third-order valence-corrected chi connectivity index (χ3v) is 4.56. The summed E-state index contributed by atoms with van der Waals surface area (Å²) in [6, 6.07) is 13.3. The zero-order valence-corrected chi connectivity index (χ0v) is 16.3. The summed E-state index contributed by atoms with van der Waals surface area (Å²) < 4.78 is 41.1. The summed E-state index contributed by atoms with van der Waals surface area (Å²) in [6.45, 7) is 3.75. The van der Waals surface area contributed by atoms with Crippen molar-refractivity contribution < 1.29 is 22.7 Å². The number of hydrogen-bond acceptors (Lipinski definition) is 6. The molecular weight excluding hydrogens is 435 g/mol. The van der Waals surface area contributed by atoms with E-state index >= 15 is 0 Å². The molecule has 1 aliphatic heterocycles. The van der Waals surface area contributed by atoms with Crippen LogP contribution < -0.4 is 20.6 Å². The predicted octanol–water partition coefficient (Wildman–Crippen LogP) is 5.81. The fourth-order valence-corrected chi connectivity index (χ4v) is 3.14. The number of hydrazine groups is 1. The van der Waals surface area contributed by atoms with Gasteiger partial charge < -0.3 is 10.1 Å². The summed E-state index contributed by atoms with van der Waals surface area (Å²) in [5, 5.41) is 13.2. The zero-order chi connectivity index (χ0) is 22.2. The first-order valence-corrected chi connectivity index (χ1v) is 9.13. The van der Waals surface area contributed by atoms with Crippen molar-refractivity contribution in [3.8, 4) is 5.75 Å². The maximum absolute atomic E-state index is 12.8. The van der Waals surface area contributed by atoms with Gasteiger partial charge in [-0.25, -0.2) is 5.01 Å². The van der Waals surface area contributed by atoms with Crippen molar-refractivity contribution in [2.24, 2.45) is 10.3 Å². The van der Waals surface area contributed by atoms with E-state index < -0.39 is 12.3 Å². The Morgan fingerprint density at radius 3 is 2.55 bits per heavy atom. The minimum atomic E-state index is -4.78. The lowest BCUT2D eigenvalue weighted by Gasteiger charge is -2.20. The van der Waals surface area contributed by atoms with Crippen molar-refractivity contribution in [1.82, 2.24) is 5.53 Å². The first-order valence-electron chi connectivity index (χ1n) is 8.75. The van der Waals surface area contributed by atoms with Crippen LogP contribution in [0.2, 0.25) is 5.02 Å². The van der Waals surface area contributed by atoms with E-state index in [4.69, 9.17) is 11.6 Å². The van der Waals surface area contributed by atoms with E-state index in [0.29, 0.717) is 38.6 Å². The van der Waals surface area contributed by atoms with Gasteiger partial charge in [-0.2, -0.15) is 5.53 Å². The molecule has 0 saturated heterocycles. The highest BCUT2D eigenvalue weighted by molar-refractivity contribution is 6.31. The molecule has 0 unspecified atom stereocenters. The van der Waals surface area contributed by atoms with Gasteiger partial charge >= 0.3 is 6.36 Å². The Balaban J connectivity index is 1.59. The number of fused-ring (bicyclic) bond motifs is 1. The van der Waals surface area contributed by atoms with E-state index in [9.17, 15) is 18.0 Å². The van der Waals surface area contributed by atoms with Crippen LogP contribution in [0.15, 0.2) is 77.3 Å². The number of halogens is 4. The van der Waals surface area contributed by atoms with Crippen molar-refractivity contribution in [3.63, 3.8) is 0 Å². The average molecular weight is 448 g/mol. The van der Waals surface area contributed by atoms with Crippen molar-refractivity contribution in [1.29, 1.82) is 0 Å². The fraction of sp³-hybridized carbons (Fsp3) is 0.0500. The molecule has 31 heavy (non-hydrogen) atoms. The van der Waals surface area contributed by atoms with Crippen LogP contribution in [-0.2, 0) is 0 Å². The molecule has 158 valence electrons. The maximum Gasteiger partial charge on any atom is 0.573 e. The number of amides is 1. The van der Waals surface area contributed by atoms with E-state index in [-0.39, 0.29) is 5.75 Å². The Morgan fingerprint density at radius 1 is 1.10 bits per heavy atom. The molecule has 1 amide bonds. The van der Waals surface area contributed by atoms with Gasteiger partial charge in [-0.15, -0.1) is 18.3 Å². The molecule has 1 heterocycles. The molecular formula is C20H13ClF3N5O2. The highest BCUT2D eigenvalue weighted by Gasteiger charge is 2.31. The molecule has 3 aromatic rings. The quantitative estimate of drug-likeness (QED) is 0.529. The first-order chi connectivity index (χ1) is 14.7. The normalized spacial score (nSPS) is 13.4. The van der Waals surface area contributed by atoms with Crippen LogP contribution in [0.4, 0.5) is 24.5 Å². The van der Waals surface area contributed by atoms with Crippen LogP contribution in [0.5, 0.6) is 5.75 Å². The summed E-state index contributed by atoms with van der Waals surface area (Å²) in [6.07, 6.45) is -4.78. The molecule has 0 fully saturated rings. The number of hydrogen-bond donors (Lipinski definition) is 2. The van der Waals surface area contributed by atoms with Crippen LogP contribution >= 0.6 is 11.6 Å².